The number of rotatable bonds is 3. The predicted molar refractivity (Wildman–Crippen MR) is 96.5 cm³/mol. The molecule has 140 valence electrons. The van der Waals surface area contributed by atoms with Crippen LogP contribution in [0.25, 0.3) is 11.0 Å². The Balaban J connectivity index is 2.24. The van der Waals surface area contributed by atoms with E-state index in [2.05, 4.69) is 4.98 Å². The molecular weight excluding hydrogens is 400 g/mol. The molecule has 1 aromatic heterocycles. The molecule has 0 bridgehead atoms. The van der Waals surface area contributed by atoms with Crippen LogP contribution in [0.2, 0.25) is 5.02 Å². The zero-order valence-electron chi connectivity index (χ0n) is 13.3. The van der Waals surface area contributed by atoms with Gasteiger partial charge in [-0.2, -0.15) is 0 Å². The van der Waals surface area contributed by atoms with Crippen LogP contribution >= 0.6 is 11.6 Å². The molecule has 0 spiro atoms. The van der Waals surface area contributed by atoms with Crippen molar-refractivity contribution in [1.82, 2.24) is 9.55 Å². The summed E-state index contributed by atoms with van der Waals surface area (Å²) < 4.78 is 23.9. The van der Waals surface area contributed by atoms with Crippen molar-refractivity contribution in [2.45, 2.75) is 4.90 Å². The van der Waals surface area contributed by atoms with E-state index >= 15 is 0 Å². The van der Waals surface area contributed by atoms with Gasteiger partial charge in [0.25, 0.3) is 5.91 Å². The number of aromatic carboxylic acids is 1. The van der Waals surface area contributed by atoms with Crippen LogP contribution < -0.4 is 16.6 Å². The maximum Gasteiger partial charge on any atom is 0.337 e. The lowest BCUT2D eigenvalue weighted by molar-refractivity contribution is 0.0698. The number of carboxylic acids is 1. The minimum Gasteiger partial charge on any atom is -0.478 e. The van der Waals surface area contributed by atoms with Gasteiger partial charge in [0.1, 0.15) is 4.90 Å². The number of anilines is 1. The first-order chi connectivity index (χ1) is 12.5. The Morgan fingerprint density at radius 3 is 2.44 bits per heavy atom. The van der Waals surface area contributed by atoms with Crippen molar-refractivity contribution in [3.05, 3.63) is 57.0 Å². The molecule has 0 aliphatic rings. The number of fused-ring (bicyclic) bond motifs is 1. The van der Waals surface area contributed by atoms with Gasteiger partial charge in [-0.1, -0.05) is 11.6 Å². The molecule has 0 amide bonds. The van der Waals surface area contributed by atoms with Crippen LogP contribution in [0.1, 0.15) is 20.7 Å². The molecule has 0 unspecified atom stereocenters. The highest BCUT2D eigenvalue weighted by Crippen LogP contribution is 2.25. The highest BCUT2D eigenvalue weighted by atomic mass is 35.5. The molecule has 6 N–H and O–H groups in total. The number of nitrogen functional groups attached to an aromatic ring is 1. The number of nitrogens with one attached hydrogen (secondary N) is 1. The van der Waals surface area contributed by atoms with Crippen molar-refractivity contribution in [1.29, 1.82) is 0 Å². The van der Waals surface area contributed by atoms with Crippen LogP contribution in [0.4, 0.5) is 5.69 Å². The number of sulfonamides is 1. The fourth-order valence-electron chi connectivity index (χ4n) is 2.57. The van der Waals surface area contributed by atoms with Gasteiger partial charge in [0.05, 0.1) is 27.3 Å². The van der Waals surface area contributed by atoms with Gasteiger partial charge in [-0.25, -0.2) is 27.7 Å². The second kappa shape index (κ2) is 6.23. The van der Waals surface area contributed by atoms with E-state index in [0.29, 0.717) is 4.57 Å². The molecule has 3 rings (SSSR count). The van der Waals surface area contributed by atoms with Gasteiger partial charge in [-0.05, 0) is 30.3 Å². The van der Waals surface area contributed by atoms with Crippen molar-refractivity contribution >= 4 is 50.2 Å². The van der Waals surface area contributed by atoms with Crippen molar-refractivity contribution in [3.63, 3.8) is 0 Å². The summed E-state index contributed by atoms with van der Waals surface area (Å²) in [5.41, 5.74) is 4.23. The minimum absolute atomic E-state index is 0.0274. The van der Waals surface area contributed by atoms with Crippen molar-refractivity contribution in [2.24, 2.45) is 5.14 Å². The first kappa shape index (κ1) is 18.6. The van der Waals surface area contributed by atoms with Gasteiger partial charge >= 0.3 is 11.7 Å². The summed E-state index contributed by atoms with van der Waals surface area (Å²) in [6, 6.07) is 5.71. The molecule has 27 heavy (non-hydrogen) atoms. The topological polar surface area (TPSA) is 178 Å². The Morgan fingerprint density at radius 2 is 1.85 bits per heavy atom. The minimum atomic E-state index is -4.20. The molecule has 2 aromatic carbocycles. The van der Waals surface area contributed by atoms with E-state index in [1.807, 2.05) is 0 Å². The SMILES string of the molecule is Nc1c(C(=O)O)ccc2c1[nH]c(=O)n2C(=O)c1ccc(Cl)c(S(N)(=O)=O)c1. The van der Waals surface area contributed by atoms with E-state index in [1.54, 1.807) is 0 Å². The molecule has 0 radical (unpaired) electrons. The smallest absolute Gasteiger partial charge is 0.337 e. The number of halogens is 1. The Labute approximate surface area is 156 Å². The summed E-state index contributed by atoms with van der Waals surface area (Å²) in [7, 11) is -4.20. The summed E-state index contributed by atoms with van der Waals surface area (Å²) in [5.74, 6) is -2.18. The molecule has 0 aliphatic carbocycles. The summed E-state index contributed by atoms with van der Waals surface area (Å²) in [6.07, 6.45) is 0. The number of aromatic amines is 1. The van der Waals surface area contributed by atoms with Crippen LogP contribution in [-0.2, 0) is 10.0 Å². The van der Waals surface area contributed by atoms with Crippen LogP contribution in [-0.4, -0.2) is 35.0 Å². The third kappa shape index (κ3) is 3.07. The quantitative estimate of drug-likeness (QED) is 0.456. The number of carbonyl (C=O) groups is 2. The molecule has 12 heteroatoms. The van der Waals surface area contributed by atoms with Crippen molar-refractivity contribution < 1.29 is 23.1 Å². The number of nitrogens with two attached hydrogens (primary N) is 2. The zero-order chi connectivity index (χ0) is 20.1. The summed E-state index contributed by atoms with van der Waals surface area (Å²) in [4.78, 5) is 38.0. The third-order valence-corrected chi connectivity index (χ3v) is 5.21. The van der Waals surface area contributed by atoms with Crippen LogP contribution in [0.5, 0.6) is 0 Å². The Bertz CT molecular complexity index is 1290. The van der Waals surface area contributed by atoms with Gasteiger partial charge in [-0.15, -0.1) is 0 Å². The number of hydrogen-bond donors (Lipinski definition) is 4. The summed E-state index contributed by atoms with van der Waals surface area (Å²) in [6.45, 7) is 0. The van der Waals surface area contributed by atoms with Crippen molar-refractivity contribution in [3.8, 4) is 0 Å². The average Bonchev–Trinajstić information content (AvgIpc) is 2.90. The largest absolute Gasteiger partial charge is 0.478 e. The molecule has 3 aromatic rings. The highest BCUT2D eigenvalue weighted by molar-refractivity contribution is 7.89. The number of aromatic nitrogens is 2. The number of nitrogens with zero attached hydrogens (tertiary/aromatic N) is 1. The maximum atomic E-state index is 12.8. The Hall–Kier alpha value is -3.15. The predicted octanol–water partition coefficient (Wildman–Crippen LogP) is 0.599. The number of carbonyl (C=O) groups excluding carboxylic acids is 1. The van der Waals surface area contributed by atoms with Crippen LogP contribution in [0.15, 0.2) is 40.0 Å². The lowest BCUT2D eigenvalue weighted by Gasteiger charge is -2.07. The molecule has 1 heterocycles. The second-order valence-corrected chi connectivity index (χ2v) is 7.42. The molecule has 0 saturated heterocycles. The van der Waals surface area contributed by atoms with Gasteiger partial charge in [0.15, 0.2) is 0 Å². The van der Waals surface area contributed by atoms with E-state index in [9.17, 15) is 22.8 Å². The number of primary sulfonamides is 1. The summed E-state index contributed by atoms with van der Waals surface area (Å²) >= 11 is 5.79. The molecule has 0 aliphatic heterocycles. The number of hydrogen-bond acceptors (Lipinski definition) is 6. The molecule has 0 fully saturated rings. The van der Waals surface area contributed by atoms with Gasteiger partial charge < -0.3 is 15.8 Å². The Kier molecular flexibility index (Phi) is 4.30. The first-order valence-electron chi connectivity index (χ1n) is 7.16. The number of H-pyrrole nitrogens is 1. The third-order valence-electron chi connectivity index (χ3n) is 3.82. The normalized spacial score (nSPS) is 11.6. The number of benzene rings is 2. The molecule has 10 nitrogen and oxygen atoms in total. The standard InChI is InChI=1S/C15H11ClN4O6S/c16-8-3-1-6(5-10(8)27(18,25)26)13(21)20-9-4-2-7(14(22)23)11(17)12(9)19-15(20)24/h1-5H,17H2,(H,19,24)(H,22,23)(H2,18,25,26). The Morgan fingerprint density at radius 1 is 1.19 bits per heavy atom. The van der Waals surface area contributed by atoms with E-state index < -0.39 is 32.5 Å². The van der Waals surface area contributed by atoms with Crippen LogP contribution in [0, 0.1) is 0 Å². The van der Waals surface area contributed by atoms with E-state index in [4.69, 9.17) is 27.6 Å². The average molecular weight is 411 g/mol. The maximum absolute atomic E-state index is 12.8. The van der Waals surface area contributed by atoms with Gasteiger partial charge in [0.2, 0.25) is 10.0 Å². The van der Waals surface area contributed by atoms with Gasteiger partial charge in [-0.3, -0.25) is 4.79 Å². The fraction of sp³-hybridized carbons (Fsp3) is 0. The van der Waals surface area contributed by atoms with Crippen molar-refractivity contribution in [2.75, 3.05) is 5.73 Å². The second-order valence-electron chi connectivity index (χ2n) is 5.49. The number of imidazole rings is 1. The molecular formula is C15H11ClN4O6S. The van der Waals surface area contributed by atoms with Crippen LogP contribution in [0.3, 0.4) is 0 Å². The highest BCUT2D eigenvalue weighted by Gasteiger charge is 2.22. The van der Waals surface area contributed by atoms with E-state index in [1.165, 1.54) is 12.1 Å². The lowest BCUT2D eigenvalue weighted by atomic mass is 10.1. The summed E-state index contributed by atoms with van der Waals surface area (Å²) in [5, 5.41) is 14.0. The molecule has 0 saturated carbocycles. The van der Waals surface area contributed by atoms with E-state index in [-0.39, 0.29) is 32.9 Å². The monoisotopic (exact) mass is 410 g/mol. The first-order valence-corrected chi connectivity index (χ1v) is 9.08. The molecule has 0 atom stereocenters. The number of carboxylic acid groups (broad SMARTS) is 1. The van der Waals surface area contributed by atoms with E-state index in [0.717, 1.165) is 18.2 Å². The zero-order valence-corrected chi connectivity index (χ0v) is 14.8. The van der Waals surface area contributed by atoms with Gasteiger partial charge in [0, 0.05) is 5.56 Å². The lowest BCUT2D eigenvalue weighted by Crippen LogP contribution is -2.25. The fourth-order valence-corrected chi connectivity index (χ4v) is 3.64.